The molecule has 3 fully saturated rings. The van der Waals surface area contributed by atoms with Crippen molar-refractivity contribution in [3.8, 4) is 22.6 Å². The minimum atomic E-state index is -4.64. The number of hydrogen-bond acceptors (Lipinski definition) is 9. The number of nitrogens with zero attached hydrogens (tertiary/aromatic N) is 2. The highest BCUT2D eigenvalue weighted by Gasteiger charge is 2.33. The Kier molecular flexibility index (Phi) is 11.0. The number of nitrogens with one attached hydrogen (secondary N) is 3. The summed E-state index contributed by atoms with van der Waals surface area (Å²) >= 11 is 0. The van der Waals surface area contributed by atoms with Gasteiger partial charge in [0.1, 0.15) is 23.0 Å². The van der Waals surface area contributed by atoms with Crippen molar-refractivity contribution in [1.82, 2.24) is 9.71 Å². The summed E-state index contributed by atoms with van der Waals surface area (Å²) in [5.74, 6) is -0.724. The molecule has 9 rings (SSSR count). The standard InChI is InChI=1S/C48H48FN5O7S/c1-48(56)21-18-30(19-22-48)29-51-41-17-15-36(28-44(41)54(57)58)62(59,60)52-47(55)40-16-12-33(25-45(40)61-46-27-34(49)26-42-39(46)20-23-50-42)31-10-13-35(14-11-31)53-24-4-7-43(53)38-6-3-2-5-37(38)32-8-9-32/h2-3,5-6,10-17,20,23,25-28,30,32,43,50-51,56H,4,7-9,18-19,21-22,24,29H2,1H3,(H,52,55)/t30-,43-,48-/m1/s1. The second kappa shape index (κ2) is 16.6. The van der Waals surface area contributed by atoms with E-state index in [1.54, 1.807) is 31.3 Å². The first-order valence-corrected chi connectivity index (χ1v) is 22.7. The van der Waals surface area contributed by atoms with Crippen molar-refractivity contribution in [1.29, 1.82) is 0 Å². The van der Waals surface area contributed by atoms with E-state index in [1.807, 2.05) is 12.1 Å². The number of benzene rings is 5. The van der Waals surface area contributed by atoms with Gasteiger partial charge in [0, 0.05) is 42.5 Å². The van der Waals surface area contributed by atoms with Gasteiger partial charge >= 0.3 is 0 Å². The molecule has 5 aromatic carbocycles. The molecule has 3 aliphatic rings. The maximum absolute atomic E-state index is 14.8. The lowest BCUT2D eigenvalue weighted by Crippen LogP contribution is -2.32. The molecule has 4 N–H and O–H groups in total. The van der Waals surface area contributed by atoms with E-state index in [2.05, 4.69) is 56.3 Å². The van der Waals surface area contributed by atoms with Crippen LogP contribution >= 0.6 is 0 Å². The van der Waals surface area contributed by atoms with E-state index in [0.29, 0.717) is 41.8 Å². The van der Waals surface area contributed by atoms with Crippen molar-refractivity contribution in [3.05, 3.63) is 142 Å². The summed E-state index contributed by atoms with van der Waals surface area (Å²) in [6.45, 7) is 3.15. The van der Waals surface area contributed by atoms with E-state index in [-0.39, 0.29) is 34.7 Å². The number of nitro groups is 1. The summed E-state index contributed by atoms with van der Waals surface area (Å²) in [5.41, 5.74) is 4.69. The van der Waals surface area contributed by atoms with Crippen molar-refractivity contribution in [2.24, 2.45) is 5.92 Å². The van der Waals surface area contributed by atoms with E-state index < -0.39 is 42.9 Å². The summed E-state index contributed by atoms with van der Waals surface area (Å²) in [6.07, 6.45) is 9.00. The minimum absolute atomic E-state index is 0.0292. The highest BCUT2D eigenvalue weighted by molar-refractivity contribution is 7.90. The van der Waals surface area contributed by atoms with Gasteiger partial charge in [0.25, 0.3) is 21.6 Å². The number of ether oxygens (including phenoxy) is 1. The predicted octanol–water partition coefficient (Wildman–Crippen LogP) is 10.4. The fraction of sp³-hybridized carbons (Fsp3) is 0.312. The zero-order chi connectivity index (χ0) is 43.2. The fourth-order valence-corrected chi connectivity index (χ4v) is 10.1. The van der Waals surface area contributed by atoms with Crippen molar-refractivity contribution in [2.45, 2.75) is 80.7 Å². The van der Waals surface area contributed by atoms with E-state index >= 15 is 0 Å². The molecular formula is C48H48FN5O7S. The Labute approximate surface area is 359 Å². The molecule has 12 nitrogen and oxygen atoms in total. The Hall–Kier alpha value is -6.25. The molecular weight excluding hydrogens is 810 g/mol. The molecule has 2 saturated carbocycles. The maximum atomic E-state index is 14.8. The number of rotatable bonds is 13. The number of aliphatic hydroxyl groups is 1. The number of aromatic nitrogens is 1. The number of H-pyrrole nitrogens is 1. The largest absolute Gasteiger partial charge is 0.456 e. The van der Waals surface area contributed by atoms with Gasteiger partial charge in [-0.1, -0.05) is 42.5 Å². The van der Waals surface area contributed by atoms with Gasteiger partial charge in [0.05, 0.1) is 32.5 Å². The summed E-state index contributed by atoms with van der Waals surface area (Å²) in [4.78, 5) is 30.4. The highest BCUT2D eigenvalue weighted by atomic mass is 32.2. The van der Waals surface area contributed by atoms with Gasteiger partial charge < -0.3 is 25.0 Å². The van der Waals surface area contributed by atoms with Crippen LogP contribution in [0.5, 0.6) is 11.5 Å². The number of amides is 1. The van der Waals surface area contributed by atoms with Gasteiger partial charge in [-0.2, -0.15) is 0 Å². The quantitative estimate of drug-likeness (QED) is 0.0653. The Balaban J connectivity index is 0.984. The maximum Gasteiger partial charge on any atom is 0.293 e. The van der Waals surface area contributed by atoms with Gasteiger partial charge in [0.2, 0.25) is 0 Å². The fourth-order valence-electron chi connectivity index (χ4n) is 9.07. The number of hydrogen-bond donors (Lipinski definition) is 4. The van der Waals surface area contributed by atoms with Crippen LogP contribution in [-0.4, -0.2) is 48.0 Å². The van der Waals surface area contributed by atoms with Gasteiger partial charge in [-0.25, -0.2) is 17.5 Å². The number of nitro benzene ring substituents is 1. The predicted molar refractivity (Wildman–Crippen MR) is 237 cm³/mol. The lowest BCUT2D eigenvalue weighted by molar-refractivity contribution is -0.384. The van der Waals surface area contributed by atoms with Crippen LogP contribution in [0.4, 0.5) is 21.5 Å². The van der Waals surface area contributed by atoms with E-state index in [9.17, 15) is 32.8 Å². The van der Waals surface area contributed by atoms with E-state index in [4.69, 9.17) is 4.74 Å². The van der Waals surface area contributed by atoms with Crippen LogP contribution in [0.15, 0.2) is 114 Å². The van der Waals surface area contributed by atoms with Gasteiger partial charge in [0.15, 0.2) is 0 Å². The molecule has 0 spiro atoms. The summed E-state index contributed by atoms with van der Waals surface area (Å²) in [6, 6.07) is 29.6. The van der Waals surface area contributed by atoms with Gasteiger partial charge in [-0.15, -0.1) is 0 Å². The number of anilines is 2. The Morgan fingerprint density at radius 3 is 2.40 bits per heavy atom. The molecule has 14 heteroatoms. The van der Waals surface area contributed by atoms with Gasteiger partial charge in [-0.3, -0.25) is 14.9 Å². The van der Waals surface area contributed by atoms with Crippen LogP contribution in [-0.2, 0) is 10.0 Å². The molecule has 2 heterocycles. The third-order valence-corrected chi connectivity index (χ3v) is 14.0. The molecule has 2 aliphatic carbocycles. The second-order valence-corrected chi connectivity index (χ2v) is 18.8. The molecule has 6 aromatic rings. The first-order valence-electron chi connectivity index (χ1n) is 21.2. The number of carbonyl (C=O) groups excluding carboxylic acids is 1. The summed E-state index contributed by atoms with van der Waals surface area (Å²) in [5, 5.41) is 26.1. The molecule has 320 valence electrons. The van der Waals surface area contributed by atoms with Crippen molar-refractivity contribution < 1.29 is 32.4 Å². The minimum Gasteiger partial charge on any atom is -0.456 e. The first-order chi connectivity index (χ1) is 29.8. The molecule has 1 aromatic heterocycles. The molecule has 0 bridgehead atoms. The molecule has 1 aliphatic heterocycles. The first kappa shape index (κ1) is 41.1. The number of fused-ring (bicyclic) bond motifs is 1. The van der Waals surface area contributed by atoms with Crippen molar-refractivity contribution in [3.63, 3.8) is 0 Å². The molecule has 62 heavy (non-hydrogen) atoms. The lowest BCUT2D eigenvalue weighted by Gasteiger charge is -2.33. The second-order valence-electron chi connectivity index (χ2n) is 17.1. The summed E-state index contributed by atoms with van der Waals surface area (Å²) in [7, 11) is -4.64. The molecule has 0 unspecified atom stereocenters. The van der Waals surface area contributed by atoms with Gasteiger partial charge in [-0.05, 0) is 141 Å². The van der Waals surface area contributed by atoms with Crippen LogP contribution < -0.4 is 19.7 Å². The van der Waals surface area contributed by atoms with Crippen LogP contribution in [0.25, 0.3) is 22.0 Å². The smallest absolute Gasteiger partial charge is 0.293 e. The van der Waals surface area contributed by atoms with Crippen LogP contribution in [0.3, 0.4) is 0 Å². The molecule has 1 atom stereocenters. The number of carbonyl (C=O) groups is 1. The normalized spacial score (nSPS) is 20.3. The highest BCUT2D eigenvalue weighted by Crippen LogP contribution is 2.47. The monoisotopic (exact) mass is 857 g/mol. The zero-order valence-electron chi connectivity index (χ0n) is 34.3. The SMILES string of the molecule is C[C@]1(O)CC[C@H](CNc2ccc(S(=O)(=O)NC(=O)c3ccc(-c4ccc(N5CCC[C@@H]5c5ccccc5C5CC5)cc4)cc3Oc3cc(F)cc4[nH]ccc34)cc2[N+](=O)[O-])CC1. The van der Waals surface area contributed by atoms with E-state index in [1.165, 1.54) is 54.3 Å². The Morgan fingerprint density at radius 1 is 0.919 bits per heavy atom. The zero-order valence-corrected chi connectivity index (χ0v) is 35.1. The number of halogens is 1. The molecule has 1 amide bonds. The Bertz CT molecular complexity index is 2780. The van der Waals surface area contributed by atoms with Crippen LogP contribution in [0, 0.1) is 21.8 Å². The number of aromatic amines is 1. The van der Waals surface area contributed by atoms with Crippen molar-refractivity contribution >= 4 is 43.9 Å². The molecule has 1 saturated heterocycles. The molecule has 0 radical (unpaired) electrons. The lowest BCUT2D eigenvalue weighted by atomic mass is 9.80. The average molecular weight is 858 g/mol. The van der Waals surface area contributed by atoms with Crippen molar-refractivity contribution in [2.75, 3.05) is 23.3 Å². The summed E-state index contributed by atoms with van der Waals surface area (Å²) < 4.78 is 50.6. The Morgan fingerprint density at radius 2 is 1.66 bits per heavy atom. The third kappa shape index (κ3) is 8.62. The van der Waals surface area contributed by atoms with E-state index in [0.717, 1.165) is 49.5 Å². The van der Waals surface area contributed by atoms with Crippen LogP contribution in [0.2, 0.25) is 0 Å². The average Bonchev–Trinajstić information content (AvgIpc) is 3.79. The number of sulfonamides is 1. The topological polar surface area (TPSA) is 167 Å². The van der Waals surface area contributed by atoms with Crippen LogP contribution in [0.1, 0.15) is 91.7 Å². The third-order valence-electron chi connectivity index (χ3n) is 12.7.